The monoisotopic (exact) mass is 299 g/mol. The molecule has 0 spiro atoms. The molecule has 5 N–H and O–H groups in total. The number of hydrogen-bond donors (Lipinski definition) is 3. The Morgan fingerprint density at radius 3 is 2.14 bits per heavy atom. The number of aromatic nitrogens is 2. The van der Waals surface area contributed by atoms with E-state index in [0.717, 1.165) is 16.7 Å². The Balaban J connectivity index is 2.41. The molecule has 0 bridgehead atoms. The molecule has 0 aliphatic heterocycles. The lowest BCUT2D eigenvalue weighted by Crippen LogP contribution is -2.43. The second kappa shape index (κ2) is 6.01. The quantitative estimate of drug-likeness (QED) is 0.347. The number of rotatable bonds is 4. The highest BCUT2D eigenvalue weighted by molar-refractivity contribution is 5.91. The third kappa shape index (κ3) is 2.72. The minimum Gasteiger partial charge on any atom is -0.409 e. The summed E-state index contributed by atoms with van der Waals surface area (Å²) in [6.07, 6.45) is 3.37. The van der Waals surface area contributed by atoms with E-state index in [1.165, 1.54) is 0 Å². The number of benzene rings is 1. The van der Waals surface area contributed by atoms with E-state index in [1.54, 1.807) is 12.4 Å². The molecule has 6 heteroatoms. The van der Waals surface area contributed by atoms with E-state index in [1.807, 2.05) is 45.0 Å². The van der Waals surface area contributed by atoms with Crippen molar-refractivity contribution in [3.63, 3.8) is 0 Å². The van der Waals surface area contributed by atoms with Gasteiger partial charge in [-0.15, -0.1) is 0 Å². The topological polar surface area (TPSA) is 110 Å². The van der Waals surface area contributed by atoms with Crippen molar-refractivity contribution in [2.75, 3.05) is 5.73 Å². The lowest BCUT2D eigenvalue weighted by Gasteiger charge is -2.33. The Morgan fingerprint density at radius 2 is 1.68 bits per heavy atom. The Labute approximate surface area is 129 Å². The summed E-state index contributed by atoms with van der Waals surface area (Å²) < 4.78 is 0. The van der Waals surface area contributed by atoms with Crippen molar-refractivity contribution in [2.45, 2.75) is 26.2 Å². The van der Waals surface area contributed by atoms with Crippen molar-refractivity contribution in [1.82, 2.24) is 9.97 Å². The predicted molar refractivity (Wildman–Crippen MR) is 87.5 cm³/mol. The number of oxime groups is 1. The molecule has 0 fully saturated rings. The molecule has 116 valence electrons. The molecule has 0 aliphatic rings. The van der Waals surface area contributed by atoms with Crippen molar-refractivity contribution < 1.29 is 5.21 Å². The molecule has 22 heavy (non-hydrogen) atoms. The maximum atomic E-state index is 9.07. The second-order valence-electron chi connectivity index (χ2n) is 5.75. The number of nitrogens with zero attached hydrogens (tertiary/aromatic N) is 3. The Kier molecular flexibility index (Phi) is 4.30. The summed E-state index contributed by atoms with van der Waals surface area (Å²) in [7, 11) is 0. The average Bonchev–Trinajstić information content (AvgIpc) is 2.54. The van der Waals surface area contributed by atoms with Crippen LogP contribution in [0.1, 0.15) is 26.3 Å². The zero-order chi connectivity index (χ0) is 16.3. The van der Waals surface area contributed by atoms with E-state index in [0.29, 0.717) is 0 Å². The largest absolute Gasteiger partial charge is 0.409 e. The number of nitrogens with two attached hydrogens (primary N) is 2. The molecule has 1 unspecified atom stereocenters. The maximum absolute atomic E-state index is 9.07. The molecule has 6 nitrogen and oxygen atoms in total. The van der Waals surface area contributed by atoms with E-state index in [2.05, 4.69) is 15.1 Å². The summed E-state index contributed by atoms with van der Waals surface area (Å²) in [4.78, 5) is 7.98. The van der Waals surface area contributed by atoms with Gasteiger partial charge in [0.25, 0.3) is 0 Å². The predicted octanol–water partition coefficient (Wildman–Crippen LogP) is 2.39. The smallest absolute Gasteiger partial charge is 0.219 e. The van der Waals surface area contributed by atoms with Gasteiger partial charge in [-0.25, -0.2) is 9.97 Å². The van der Waals surface area contributed by atoms with Gasteiger partial charge in [-0.05, 0) is 24.0 Å². The number of hydrogen-bond acceptors (Lipinski definition) is 5. The third-order valence-electron chi connectivity index (χ3n) is 4.28. The number of amidine groups is 1. The molecular formula is C16H21N5O. The van der Waals surface area contributed by atoms with Crippen LogP contribution in [0, 0.1) is 5.92 Å². The minimum atomic E-state index is -0.537. The number of nitrogen functional groups attached to an aromatic ring is 1. The lowest BCUT2D eigenvalue weighted by molar-refractivity contribution is 0.306. The van der Waals surface area contributed by atoms with Gasteiger partial charge >= 0.3 is 0 Å². The standard InChI is InChI=1S/C16H21N5O/c1-10(2)16(3,14(17)21-22)13-6-4-11(5-7-13)12-8-19-15(18)20-9-12/h4-10,22H,1-3H3,(H2,17,21)(H2,18,19,20). The number of anilines is 1. The van der Waals surface area contributed by atoms with Crippen molar-refractivity contribution in [1.29, 1.82) is 0 Å². The molecule has 0 aliphatic carbocycles. The summed E-state index contributed by atoms with van der Waals surface area (Å²) in [6.45, 7) is 6.05. The van der Waals surface area contributed by atoms with Gasteiger partial charge in [-0.3, -0.25) is 0 Å². The molecule has 1 heterocycles. The zero-order valence-electron chi connectivity index (χ0n) is 13.0. The molecule has 2 aromatic rings. The highest BCUT2D eigenvalue weighted by atomic mass is 16.4. The minimum absolute atomic E-state index is 0.175. The first-order chi connectivity index (χ1) is 10.4. The molecule has 0 saturated carbocycles. The van der Waals surface area contributed by atoms with Gasteiger partial charge in [0.05, 0.1) is 5.41 Å². The third-order valence-corrected chi connectivity index (χ3v) is 4.28. The lowest BCUT2D eigenvalue weighted by atomic mass is 9.72. The summed E-state index contributed by atoms with van der Waals surface area (Å²) in [5.74, 6) is 0.625. The Hall–Kier alpha value is -2.63. The summed E-state index contributed by atoms with van der Waals surface area (Å²) >= 11 is 0. The fourth-order valence-electron chi connectivity index (χ4n) is 2.38. The van der Waals surface area contributed by atoms with Gasteiger partial charge in [0.1, 0.15) is 5.84 Å². The highest BCUT2D eigenvalue weighted by Crippen LogP contribution is 2.33. The van der Waals surface area contributed by atoms with Crippen LogP contribution in [-0.4, -0.2) is 21.0 Å². The fraction of sp³-hybridized carbons (Fsp3) is 0.312. The van der Waals surface area contributed by atoms with Crippen molar-refractivity contribution >= 4 is 11.8 Å². The van der Waals surface area contributed by atoms with Crippen LogP contribution in [0.15, 0.2) is 41.8 Å². The van der Waals surface area contributed by atoms with Gasteiger partial charge in [0, 0.05) is 18.0 Å². The van der Waals surface area contributed by atoms with Crippen LogP contribution < -0.4 is 11.5 Å². The van der Waals surface area contributed by atoms with E-state index >= 15 is 0 Å². The molecule has 1 aromatic carbocycles. The molecule has 0 radical (unpaired) electrons. The van der Waals surface area contributed by atoms with Crippen LogP contribution in [-0.2, 0) is 5.41 Å². The van der Waals surface area contributed by atoms with E-state index < -0.39 is 5.41 Å². The normalized spacial score (nSPS) is 14.8. The van der Waals surface area contributed by atoms with Gasteiger partial charge < -0.3 is 16.7 Å². The van der Waals surface area contributed by atoms with E-state index in [4.69, 9.17) is 16.7 Å². The second-order valence-corrected chi connectivity index (χ2v) is 5.75. The van der Waals surface area contributed by atoms with E-state index in [-0.39, 0.29) is 17.7 Å². The van der Waals surface area contributed by atoms with Crippen LogP contribution in [0.4, 0.5) is 5.95 Å². The summed E-state index contributed by atoms with van der Waals surface area (Å²) in [6, 6.07) is 7.89. The van der Waals surface area contributed by atoms with Gasteiger partial charge in [-0.1, -0.05) is 43.3 Å². The van der Waals surface area contributed by atoms with Crippen LogP contribution in [0.2, 0.25) is 0 Å². The molecule has 1 aromatic heterocycles. The van der Waals surface area contributed by atoms with Crippen LogP contribution >= 0.6 is 0 Å². The molecule has 0 saturated heterocycles. The first kappa shape index (κ1) is 15.8. The maximum Gasteiger partial charge on any atom is 0.219 e. The first-order valence-electron chi connectivity index (χ1n) is 7.06. The molecule has 2 rings (SSSR count). The molecular weight excluding hydrogens is 278 g/mol. The fourth-order valence-corrected chi connectivity index (χ4v) is 2.38. The van der Waals surface area contributed by atoms with E-state index in [9.17, 15) is 0 Å². The Bertz CT molecular complexity index is 664. The summed E-state index contributed by atoms with van der Waals surface area (Å²) in [5.41, 5.74) is 13.7. The molecule has 0 amide bonds. The Morgan fingerprint density at radius 1 is 1.14 bits per heavy atom. The zero-order valence-corrected chi connectivity index (χ0v) is 13.0. The SMILES string of the molecule is CC(C)C(C)(C(N)=NO)c1ccc(-c2cnc(N)nc2)cc1. The molecule has 1 atom stereocenters. The summed E-state index contributed by atoms with van der Waals surface area (Å²) in [5, 5.41) is 12.3. The highest BCUT2D eigenvalue weighted by Gasteiger charge is 2.35. The first-order valence-corrected chi connectivity index (χ1v) is 7.06. The van der Waals surface area contributed by atoms with Crippen LogP contribution in [0.3, 0.4) is 0 Å². The van der Waals surface area contributed by atoms with Gasteiger partial charge in [0.2, 0.25) is 5.95 Å². The van der Waals surface area contributed by atoms with Gasteiger partial charge in [-0.2, -0.15) is 0 Å². The van der Waals surface area contributed by atoms with Crippen molar-refractivity contribution in [3.05, 3.63) is 42.2 Å². The van der Waals surface area contributed by atoms with Crippen LogP contribution in [0.5, 0.6) is 0 Å². The van der Waals surface area contributed by atoms with Crippen molar-refractivity contribution in [3.8, 4) is 11.1 Å². The average molecular weight is 299 g/mol. The van der Waals surface area contributed by atoms with Gasteiger partial charge in [0.15, 0.2) is 0 Å². The van der Waals surface area contributed by atoms with Crippen LogP contribution in [0.25, 0.3) is 11.1 Å². The van der Waals surface area contributed by atoms with Crippen molar-refractivity contribution in [2.24, 2.45) is 16.8 Å².